The van der Waals surface area contributed by atoms with Gasteiger partial charge in [0, 0.05) is 6.07 Å². The van der Waals surface area contributed by atoms with E-state index in [2.05, 4.69) is 4.18 Å². The van der Waals surface area contributed by atoms with Crippen LogP contribution in [0.25, 0.3) is 0 Å². The van der Waals surface area contributed by atoms with E-state index >= 15 is 0 Å². The molecule has 0 spiro atoms. The highest BCUT2D eigenvalue weighted by molar-refractivity contribution is 7.87. The molecule has 8 nitrogen and oxygen atoms in total. The molecule has 0 bridgehead atoms. The molecule has 0 saturated carbocycles. The Morgan fingerprint density at radius 1 is 1.04 bits per heavy atom. The first-order valence-corrected chi connectivity index (χ1v) is 8.13. The summed E-state index contributed by atoms with van der Waals surface area (Å²) in [5.74, 6) is -0.902. The Morgan fingerprint density at radius 2 is 1.67 bits per heavy atom. The summed E-state index contributed by atoms with van der Waals surface area (Å²) in [5.41, 5.74) is 0.0996. The Bertz CT molecular complexity index is 834. The van der Waals surface area contributed by atoms with Gasteiger partial charge in [-0.25, -0.2) is 4.79 Å². The van der Waals surface area contributed by atoms with Gasteiger partial charge in [0.1, 0.15) is 6.61 Å². The van der Waals surface area contributed by atoms with Gasteiger partial charge in [-0.05, 0) is 11.6 Å². The fourth-order valence-electron chi connectivity index (χ4n) is 1.79. The van der Waals surface area contributed by atoms with Gasteiger partial charge in [-0.3, -0.25) is 14.3 Å². The number of para-hydroxylation sites is 1. The minimum absolute atomic E-state index is 0.0332. The molecule has 2 rings (SSSR count). The number of hydrogen-bond donors (Lipinski definition) is 0. The number of hydrogen-bond acceptors (Lipinski definition) is 7. The second-order valence-electron chi connectivity index (χ2n) is 4.59. The Balaban J connectivity index is 1.98. The van der Waals surface area contributed by atoms with Gasteiger partial charge in [0.05, 0.1) is 4.92 Å². The molecule has 0 aliphatic carbocycles. The van der Waals surface area contributed by atoms with E-state index in [4.69, 9.17) is 4.74 Å². The Hall–Kier alpha value is -2.78. The van der Waals surface area contributed by atoms with Crippen molar-refractivity contribution in [3.05, 3.63) is 70.3 Å². The van der Waals surface area contributed by atoms with Gasteiger partial charge in [-0.2, -0.15) is 8.42 Å². The van der Waals surface area contributed by atoms with Crippen molar-refractivity contribution in [2.75, 3.05) is 6.61 Å². The number of esters is 1. The number of carbonyl (C=O) groups excluding carboxylic acids is 1. The number of nitro groups is 1. The second-order valence-corrected chi connectivity index (χ2v) is 6.17. The Labute approximate surface area is 137 Å². The number of ether oxygens (including phenoxy) is 1. The van der Waals surface area contributed by atoms with E-state index in [0.29, 0.717) is 0 Å². The van der Waals surface area contributed by atoms with Crippen LogP contribution in [0, 0.1) is 10.1 Å². The standard InChI is InChI=1S/C15H13NO7S/c17-15(22-10-12-6-2-1-3-7-12)11-23-24(20,21)14-9-5-4-8-13(14)16(18)19/h1-9H,10-11H2. The van der Waals surface area contributed by atoms with E-state index < -0.39 is 38.2 Å². The SMILES string of the molecule is O=C(COS(=O)(=O)c1ccccc1[N+](=O)[O-])OCc1ccccc1. The third-order valence-corrected chi connectivity index (χ3v) is 4.22. The van der Waals surface area contributed by atoms with Crippen LogP contribution in [0.2, 0.25) is 0 Å². The zero-order chi connectivity index (χ0) is 17.6. The van der Waals surface area contributed by atoms with E-state index in [1.165, 1.54) is 12.1 Å². The topological polar surface area (TPSA) is 113 Å². The van der Waals surface area contributed by atoms with E-state index in [0.717, 1.165) is 17.7 Å². The number of benzene rings is 2. The fourth-order valence-corrected chi connectivity index (χ4v) is 2.81. The molecule has 24 heavy (non-hydrogen) atoms. The third-order valence-electron chi connectivity index (χ3n) is 2.91. The van der Waals surface area contributed by atoms with Crippen molar-refractivity contribution >= 4 is 21.8 Å². The predicted molar refractivity (Wildman–Crippen MR) is 82.5 cm³/mol. The Kier molecular flexibility index (Phi) is 5.61. The lowest BCUT2D eigenvalue weighted by atomic mass is 10.2. The van der Waals surface area contributed by atoms with Crippen molar-refractivity contribution in [1.82, 2.24) is 0 Å². The van der Waals surface area contributed by atoms with Crippen molar-refractivity contribution in [2.24, 2.45) is 0 Å². The van der Waals surface area contributed by atoms with Crippen LogP contribution in [0.1, 0.15) is 5.56 Å². The molecule has 0 unspecified atom stereocenters. The zero-order valence-corrected chi connectivity index (χ0v) is 13.1. The highest BCUT2D eigenvalue weighted by atomic mass is 32.2. The maximum atomic E-state index is 12.0. The quantitative estimate of drug-likeness (QED) is 0.325. The van der Waals surface area contributed by atoms with Gasteiger partial charge >= 0.3 is 16.1 Å². The summed E-state index contributed by atoms with van der Waals surface area (Å²) < 4.78 is 33.4. The molecule has 0 aromatic heterocycles. The highest BCUT2D eigenvalue weighted by Crippen LogP contribution is 2.24. The third kappa shape index (κ3) is 4.61. The van der Waals surface area contributed by atoms with E-state index in [-0.39, 0.29) is 6.61 Å². The molecule has 0 aliphatic rings. The number of nitrogens with zero attached hydrogens (tertiary/aromatic N) is 1. The smallest absolute Gasteiger partial charge is 0.333 e. The minimum Gasteiger partial charge on any atom is -0.459 e. The van der Waals surface area contributed by atoms with Gasteiger partial charge in [0.2, 0.25) is 0 Å². The molecular formula is C15H13NO7S. The summed E-state index contributed by atoms with van der Waals surface area (Å²) >= 11 is 0. The van der Waals surface area contributed by atoms with E-state index in [9.17, 15) is 23.3 Å². The summed E-state index contributed by atoms with van der Waals surface area (Å²) in [6.45, 7) is -0.907. The summed E-state index contributed by atoms with van der Waals surface area (Å²) in [7, 11) is -4.46. The number of nitro benzene ring substituents is 1. The predicted octanol–water partition coefficient (Wildman–Crippen LogP) is 2.04. The average Bonchev–Trinajstić information content (AvgIpc) is 2.59. The molecule has 0 saturated heterocycles. The van der Waals surface area contributed by atoms with Crippen LogP contribution in [0.4, 0.5) is 5.69 Å². The maximum absolute atomic E-state index is 12.0. The molecule has 2 aromatic carbocycles. The van der Waals surface area contributed by atoms with Crippen LogP contribution in [-0.4, -0.2) is 25.9 Å². The van der Waals surface area contributed by atoms with Gasteiger partial charge in [-0.15, -0.1) is 0 Å². The van der Waals surface area contributed by atoms with Crippen LogP contribution in [-0.2, 0) is 30.4 Å². The first-order valence-electron chi connectivity index (χ1n) is 6.72. The monoisotopic (exact) mass is 351 g/mol. The molecule has 0 amide bonds. The summed E-state index contributed by atoms with van der Waals surface area (Å²) in [4.78, 5) is 21.0. The van der Waals surface area contributed by atoms with Crippen molar-refractivity contribution in [2.45, 2.75) is 11.5 Å². The maximum Gasteiger partial charge on any atom is 0.333 e. The lowest BCUT2D eigenvalue weighted by Gasteiger charge is -2.07. The molecule has 0 radical (unpaired) electrons. The molecule has 126 valence electrons. The lowest BCUT2D eigenvalue weighted by molar-refractivity contribution is -0.387. The zero-order valence-electron chi connectivity index (χ0n) is 12.3. The first kappa shape index (κ1) is 17.6. The van der Waals surface area contributed by atoms with Crippen LogP contribution < -0.4 is 0 Å². The molecule has 0 N–H and O–H groups in total. The van der Waals surface area contributed by atoms with E-state index in [1.807, 2.05) is 0 Å². The van der Waals surface area contributed by atoms with Gasteiger partial charge in [0.25, 0.3) is 5.69 Å². The van der Waals surface area contributed by atoms with Crippen LogP contribution in [0.3, 0.4) is 0 Å². The molecule has 0 atom stereocenters. The molecule has 9 heteroatoms. The molecule has 0 heterocycles. The summed E-state index contributed by atoms with van der Waals surface area (Å²) in [5, 5.41) is 10.9. The second kappa shape index (κ2) is 7.66. The largest absolute Gasteiger partial charge is 0.459 e. The van der Waals surface area contributed by atoms with Gasteiger partial charge < -0.3 is 4.74 Å². The van der Waals surface area contributed by atoms with Gasteiger partial charge in [0.15, 0.2) is 11.5 Å². The van der Waals surface area contributed by atoms with Crippen LogP contribution in [0.15, 0.2) is 59.5 Å². The van der Waals surface area contributed by atoms with E-state index in [1.54, 1.807) is 30.3 Å². The van der Waals surface area contributed by atoms with Crippen molar-refractivity contribution in [1.29, 1.82) is 0 Å². The minimum atomic E-state index is -4.46. The molecule has 0 aliphatic heterocycles. The van der Waals surface area contributed by atoms with Crippen LogP contribution in [0.5, 0.6) is 0 Å². The average molecular weight is 351 g/mol. The lowest BCUT2D eigenvalue weighted by Crippen LogP contribution is -2.17. The van der Waals surface area contributed by atoms with Crippen molar-refractivity contribution in [3.8, 4) is 0 Å². The molecular weight excluding hydrogens is 338 g/mol. The normalized spacial score (nSPS) is 11.0. The van der Waals surface area contributed by atoms with Crippen LogP contribution >= 0.6 is 0 Å². The fraction of sp³-hybridized carbons (Fsp3) is 0.133. The number of carbonyl (C=O) groups is 1. The molecule has 2 aromatic rings. The summed E-state index contributed by atoms with van der Waals surface area (Å²) in [6, 6.07) is 13.5. The van der Waals surface area contributed by atoms with Gasteiger partial charge in [-0.1, -0.05) is 42.5 Å². The van der Waals surface area contributed by atoms with Crippen molar-refractivity contribution in [3.63, 3.8) is 0 Å². The van der Waals surface area contributed by atoms with Crippen molar-refractivity contribution < 1.29 is 27.1 Å². The highest BCUT2D eigenvalue weighted by Gasteiger charge is 2.27. The number of rotatable bonds is 7. The Morgan fingerprint density at radius 3 is 2.33 bits per heavy atom. The summed E-state index contributed by atoms with van der Waals surface area (Å²) in [6.07, 6.45) is 0. The first-order chi connectivity index (χ1) is 11.4. The molecule has 0 fully saturated rings.